The zero-order chi connectivity index (χ0) is 15.1. The third-order valence-electron chi connectivity index (χ3n) is 2.60. The van der Waals surface area contributed by atoms with Crippen molar-refractivity contribution < 1.29 is 19.4 Å². The van der Waals surface area contributed by atoms with Crippen LogP contribution in [-0.2, 0) is 11.3 Å². The molecule has 1 aromatic carbocycles. The maximum absolute atomic E-state index is 10.6. The number of rotatable bonds is 8. The molecule has 0 saturated carbocycles. The van der Waals surface area contributed by atoms with Crippen LogP contribution in [0.3, 0.4) is 0 Å². The highest BCUT2D eigenvalue weighted by Gasteiger charge is 2.13. The van der Waals surface area contributed by atoms with Crippen LogP contribution in [0.1, 0.15) is 18.9 Å². The second-order valence-electron chi connectivity index (χ2n) is 4.52. The maximum atomic E-state index is 10.6. The van der Waals surface area contributed by atoms with Crippen LogP contribution >= 0.6 is 11.6 Å². The molecule has 0 saturated heterocycles. The van der Waals surface area contributed by atoms with Gasteiger partial charge in [0.25, 0.3) is 0 Å². The van der Waals surface area contributed by atoms with Gasteiger partial charge in [-0.05, 0) is 31.2 Å². The Morgan fingerprint density at radius 1 is 1.45 bits per heavy atom. The number of hydrogen-bond donors (Lipinski definition) is 1. The van der Waals surface area contributed by atoms with Crippen molar-refractivity contribution in [3.63, 3.8) is 0 Å². The van der Waals surface area contributed by atoms with E-state index in [-0.39, 0.29) is 6.54 Å². The number of carbonyl (C=O) groups is 1. The second kappa shape index (κ2) is 7.97. The minimum atomic E-state index is -0.867. The molecule has 0 aromatic heterocycles. The van der Waals surface area contributed by atoms with Crippen LogP contribution in [0.25, 0.3) is 0 Å². The van der Waals surface area contributed by atoms with Crippen LogP contribution in [0.2, 0.25) is 5.02 Å². The van der Waals surface area contributed by atoms with Gasteiger partial charge >= 0.3 is 5.97 Å². The number of benzene rings is 1. The Labute approximate surface area is 124 Å². The lowest BCUT2D eigenvalue weighted by atomic mass is 10.2. The van der Waals surface area contributed by atoms with Crippen molar-refractivity contribution in [2.45, 2.75) is 19.9 Å². The molecular formula is C14H20ClNO4. The first kappa shape index (κ1) is 16.6. The Kier molecular flexibility index (Phi) is 6.61. The van der Waals surface area contributed by atoms with Crippen molar-refractivity contribution in [3.8, 4) is 11.5 Å². The Hall–Kier alpha value is -1.46. The molecule has 0 unspecified atom stereocenters. The third kappa shape index (κ3) is 4.90. The zero-order valence-corrected chi connectivity index (χ0v) is 12.7. The number of nitrogens with zero attached hydrogens (tertiary/aromatic N) is 1. The fourth-order valence-electron chi connectivity index (χ4n) is 1.81. The van der Waals surface area contributed by atoms with Crippen molar-refractivity contribution in [3.05, 3.63) is 22.7 Å². The van der Waals surface area contributed by atoms with Gasteiger partial charge < -0.3 is 14.6 Å². The van der Waals surface area contributed by atoms with Gasteiger partial charge in [-0.3, -0.25) is 9.69 Å². The smallest absolute Gasteiger partial charge is 0.317 e. The first-order chi connectivity index (χ1) is 9.47. The summed E-state index contributed by atoms with van der Waals surface area (Å²) < 4.78 is 10.9. The highest BCUT2D eigenvalue weighted by Crippen LogP contribution is 2.36. The Morgan fingerprint density at radius 3 is 2.70 bits per heavy atom. The molecule has 6 heteroatoms. The molecule has 1 aromatic rings. The summed E-state index contributed by atoms with van der Waals surface area (Å²) in [5, 5.41) is 9.22. The largest absolute Gasteiger partial charge is 0.493 e. The summed E-state index contributed by atoms with van der Waals surface area (Å²) in [5.74, 6) is 0.221. The first-order valence-electron chi connectivity index (χ1n) is 6.37. The van der Waals surface area contributed by atoms with Crippen LogP contribution in [0.5, 0.6) is 11.5 Å². The van der Waals surface area contributed by atoms with Crippen LogP contribution in [0.4, 0.5) is 0 Å². The summed E-state index contributed by atoms with van der Waals surface area (Å²) in [4.78, 5) is 12.3. The van der Waals surface area contributed by atoms with Gasteiger partial charge in [0.15, 0.2) is 11.5 Å². The molecule has 20 heavy (non-hydrogen) atoms. The predicted molar refractivity (Wildman–Crippen MR) is 77.8 cm³/mol. The molecule has 0 fully saturated rings. The number of methoxy groups -OCH3 is 1. The number of aliphatic carboxylic acids is 1. The monoisotopic (exact) mass is 301 g/mol. The van der Waals surface area contributed by atoms with E-state index in [2.05, 4.69) is 0 Å². The summed E-state index contributed by atoms with van der Waals surface area (Å²) in [5.41, 5.74) is 0.874. The molecule has 0 atom stereocenters. The van der Waals surface area contributed by atoms with Crippen LogP contribution in [-0.4, -0.2) is 43.3 Å². The van der Waals surface area contributed by atoms with Crippen molar-refractivity contribution in [2.24, 2.45) is 0 Å². The van der Waals surface area contributed by atoms with Gasteiger partial charge in [-0.25, -0.2) is 0 Å². The van der Waals surface area contributed by atoms with Gasteiger partial charge in [0.2, 0.25) is 0 Å². The van der Waals surface area contributed by atoms with E-state index < -0.39 is 5.97 Å². The molecule has 1 N–H and O–H groups in total. The average molecular weight is 302 g/mol. The van der Waals surface area contributed by atoms with Crippen molar-refractivity contribution >= 4 is 17.6 Å². The Morgan fingerprint density at radius 2 is 2.15 bits per heavy atom. The lowest BCUT2D eigenvalue weighted by Gasteiger charge is -2.17. The van der Waals surface area contributed by atoms with E-state index in [1.165, 1.54) is 0 Å². The van der Waals surface area contributed by atoms with E-state index in [0.717, 1.165) is 12.0 Å². The van der Waals surface area contributed by atoms with Gasteiger partial charge in [-0.1, -0.05) is 18.5 Å². The summed E-state index contributed by atoms with van der Waals surface area (Å²) in [6.07, 6.45) is 0.878. The maximum Gasteiger partial charge on any atom is 0.317 e. The molecule has 0 radical (unpaired) electrons. The normalized spacial score (nSPS) is 10.7. The second-order valence-corrected chi connectivity index (χ2v) is 4.93. The lowest BCUT2D eigenvalue weighted by molar-refractivity contribution is -0.138. The van der Waals surface area contributed by atoms with E-state index in [1.54, 1.807) is 25.1 Å². The van der Waals surface area contributed by atoms with Crippen LogP contribution in [0.15, 0.2) is 12.1 Å². The number of hydrogen-bond acceptors (Lipinski definition) is 4. The Bertz CT molecular complexity index is 465. The van der Waals surface area contributed by atoms with Gasteiger partial charge in [0.05, 0.1) is 25.3 Å². The number of ether oxygens (including phenoxy) is 2. The summed E-state index contributed by atoms with van der Waals surface area (Å²) in [7, 11) is 3.28. The SMILES string of the molecule is CCCOc1c(Cl)cc(CN(C)CC(=O)O)cc1OC. The standard InChI is InChI=1S/C14H20ClNO4/c1-4-5-20-14-11(15)6-10(7-12(14)19-3)8-16(2)9-13(17)18/h6-7H,4-5,8-9H2,1-3H3,(H,17,18). The highest BCUT2D eigenvalue weighted by atomic mass is 35.5. The quantitative estimate of drug-likeness (QED) is 0.800. The Balaban J connectivity index is 2.89. The van der Waals surface area contributed by atoms with E-state index in [4.69, 9.17) is 26.2 Å². The van der Waals surface area contributed by atoms with Gasteiger partial charge in [0.1, 0.15) is 0 Å². The van der Waals surface area contributed by atoms with Crippen molar-refractivity contribution in [1.82, 2.24) is 4.90 Å². The average Bonchev–Trinajstić information content (AvgIpc) is 2.35. The fourth-order valence-corrected chi connectivity index (χ4v) is 2.10. The zero-order valence-electron chi connectivity index (χ0n) is 12.0. The molecule has 0 heterocycles. The van der Waals surface area contributed by atoms with Crippen molar-refractivity contribution in [2.75, 3.05) is 27.3 Å². The molecule has 0 bridgehead atoms. The third-order valence-corrected chi connectivity index (χ3v) is 2.88. The van der Waals surface area contributed by atoms with Gasteiger partial charge in [-0.2, -0.15) is 0 Å². The van der Waals surface area contributed by atoms with E-state index in [0.29, 0.717) is 29.7 Å². The minimum Gasteiger partial charge on any atom is -0.493 e. The number of halogens is 1. The highest BCUT2D eigenvalue weighted by molar-refractivity contribution is 6.32. The van der Waals surface area contributed by atoms with E-state index in [1.807, 2.05) is 13.0 Å². The summed E-state index contributed by atoms with van der Waals surface area (Å²) >= 11 is 6.20. The summed E-state index contributed by atoms with van der Waals surface area (Å²) in [6, 6.07) is 3.59. The molecule has 0 aliphatic carbocycles. The minimum absolute atomic E-state index is 0.0337. The number of carboxylic acid groups (broad SMARTS) is 1. The molecular weight excluding hydrogens is 282 g/mol. The fraction of sp³-hybridized carbons (Fsp3) is 0.500. The van der Waals surface area contributed by atoms with Crippen molar-refractivity contribution in [1.29, 1.82) is 0 Å². The molecule has 112 valence electrons. The first-order valence-corrected chi connectivity index (χ1v) is 6.75. The molecule has 0 aliphatic rings. The predicted octanol–water partition coefficient (Wildman–Crippen LogP) is 2.65. The van der Waals surface area contributed by atoms with Crippen LogP contribution < -0.4 is 9.47 Å². The topological polar surface area (TPSA) is 59.0 Å². The molecule has 0 spiro atoms. The number of carboxylic acids is 1. The molecule has 1 rings (SSSR count). The molecule has 5 nitrogen and oxygen atoms in total. The van der Waals surface area contributed by atoms with Crippen LogP contribution in [0, 0.1) is 0 Å². The lowest BCUT2D eigenvalue weighted by Crippen LogP contribution is -2.25. The van der Waals surface area contributed by atoms with E-state index in [9.17, 15) is 4.79 Å². The number of likely N-dealkylation sites (N-methyl/N-ethyl adjacent to an activating group) is 1. The van der Waals surface area contributed by atoms with E-state index >= 15 is 0 Å². The molecule has 0 amide bonds. The molecule has 0 aliphatic heterocycles. The summed E-state index contributed by atoms with van der Waals surface area (Å²) in [6.45, 7) is 3.01. The van der Waals surface area contributed by atoms with Gasteiger partial charge in [-0.15, -0.1) is 0 Å². The van der Waals surface area contributed by atoms with Gasteiger partial charge in [0, 0.05) is 6.54 Å².